The van der Waals surface area contributed by atoms with Crippen molar-refractivity contribution in [1.29, 1.82) is 0 Å². The second kappa shape index (κ2) is 16.3. The van der Waals surface area contributed by atoms with E-state index in [2.05, 4.69) is 25.9 Å². The third kappa shape index (κ3) is 10.0. The summed E-state index contributed by atoms with van der Waals surface area (Å²) < 4.78 is 33.8. The van der Waals surface area contributed by atoms with Gasteiger partial charge in [-0.05, 0) is 25.1 Å². The van der Waals surface area contributed by atoms with Crippen LogP contribution in [0.25, 0.3) is 22.3 Å². The van der Waals surface area contributed by atoms with E-state index in [1.165, 1.54) is 0 Å². The second-order valence-corrected chi connectivity index (χ2v) is 8.76. The zero-order valence-electron chi connectivity index (χ0n) is 21.1. The largest absolute Gasteiger partial charge is 0.489 e. The lowest BCUT2D eigenvalue weighted by molar-refractivity contribution is -0.0119. The number of ether oxygens (including phenoxy) is 6. The number of fused-ring (bicyclic) bond motifs is 1. The molecule has 0 bridgehead atoms. The topological polar surface area (TPSA) is 133 Å². The molecule has 0 fully saturated rings. The van der Waals surface area contributed by atoms with E-state index < -0.39 is 0 Å². The number of hydrogen-bond donors (Lipinski definition) is 2. The third-order valence-electron chi connectivity index (χ3n) is 5.12. The van der Waals surface area contributed by atoms with Crippen molar-refractivity contribution in [3.05, 3.63) is 40.9 Å². The highest BCUT2D eigenvalue weighted by Crippen LogP contribution is 2.31. The van der Waals surface area contributed by atoms with E-state index in [0.717, 1.165) is 10.0 Å². The molecule has 0 aliphatic rings. The Morgan fingerprint density at radius 1 is 0.730 bits per heavy atom. The summed E-state index contributed by atoms with van der Waals surface area (Å²) >= 11 is 3.47. The molecule has 0 saturated heterocycles. The highest BCUT2D eigenvalue weighted by Gasteiger charge is 2.12. The SMILES string of the molecule is CCOCCOCCOCCOCCOCCOc1cc2nc(-c3cccc(Br)c3)nc(N)c2cc1N. The number of rotatable bonds is 18. The Labute approximate surface area is 225 Å². The number of nitrogens with zero attached hydrogens (tertiary/aromatic N) is 2. The van der Waals surface area contributed by atoms with Crippen molar-refractivity contribution in [2.75, 3.05) is 84.1 Å². The average molecular weight is 579 g/mol. The van der Waals surface area contributed by atoms with Crippen LogP contribution in [-0.4, -0.2) is 82.6 Å². The van der Waals surface area contributed by atoms with E-state index in [4.69, 9.17) is 39.9 Å². The molecule has 1 aromatic heterocycles. The first-order valence-electron chi connectivity index (χ1n) is 12.2. The van der Waals surface area contributed by atoms with Gasteiger partial charge in [-0.3, -0.25) is 0 Å². The van der Waals surface area contributed by atoms with Gasteiger partial charge in [-0.25, -0.2) is 9.97 Å². The lowest BCUT2D eigenvalue weighted by atomic mass is 10.1. The highest BCUT2D eigenvalue weighted by molar-refractivity contribution is 9.10. The van der Waals surface area contributed by atoms with Crippen LogP contribution in [0.1, 0.15) is 6.92 Å². The molecular weight excluding hydrogens is 544 g/mol. The molecule has 11 heteroatoms. The molecule has 0 amide bonds. The molecule has 0 radical (unpaired) electrons. The van der Waals surface area contributed by atoms with E-state index in [1.54, 1.807) is 12.1 Å². The van der Waals surface area contributed by atoms with Crippen molar-refractivity contribution in [3.8, 4) is 17.1 Å². The van der Waals surface area contributed by atoms with E-state index in [1.807, 2.05) is 31.2 Å². The van der Waals surface area contributed by atoms with Gasteiger partial charge in [-0.15, -0.1) is 0 Å². The van der Waals surface area contributed by atoms with Crippen LogP contribution in [0.5, 0.6) is 5.75 Å². The Balaban J connectivity index is 1.33. The fourth-order valence-electron chi connectivity index (χ4n) is 3.31. The lowest BCUT2D eigenvalue weighted by Gasteiger charge is -2.12. The van der Waals surface area contributed by atoms with Crippen LogP contribution in [0.2, 0.25) is 0 Å². The minimum Gasteiger partial charge on any atom is -0.489 e. The molecule has 202 valence electrons. The Kier molecular flexibility index (Phi) is 12.8. The van der Waals surface area contributed by atoms with E-state index in [0.29, 0.717) is 107 Å². The summed E-state index contributed by atoms with van der Waals surface area (Å²) in [6, 6.07) is 11.2. The van der Waals surface area contributed by atoms with Gasteiger partial charge in [0, 0.05) is 28.1 Å². The number of halogens is 1. The quantitative estimate of drug-likeness (QED) is 0.170. The van der Waals surface area contributed by atoms with Crippen molar-refractivity contribution in [1.82, 2.24) is 9.97 Å². The van der Waals surface area contributed by atoms with Crippen LogP contribution in [-0.2, 0) is 23.7 Å². The predicted octanol–water partition coefficient (Wildman–Crippen LogP) is 3.71. The van der Waals surface area contributed by atoms with E-state index >= 15 is 0 Å². The number of anilines is 2. The van der Waals surface area contributed by atoms with Crippen LogP contribution in [0.15, 0.2) is 40.9 Å². The maximum absolute atomic E-state index is 6.18. The highest BCUT2D eigenvalue weighted by atomic mass is 79.9. The third-order valence-corrected chi connectivity index (χ3v) is 5.61. The van der Waals surface area contributed by atoms with Gasteiger partial charge in [0.05, 0.1) is 70.7 Å². The lowest BCUT2D eigenvalue weighted by Crippen LogP contribution is -2.14. The fraction of sp³-hybridized carbons (Fsp3) is 0.462. The molecule has 4 N–H and O–H groups in total. The first-order valence-corrected chi connectivity index (χ1v) is 13.0. The molecule has 0 saturated carbocycles. The maximum atomic E-state index is 6.18. The zero-order valence-corrected chi connectivity index (χ0v) is 22.7. The summed E-state index contributed by atoms with van der Waals surface area (Å²) in [5.74, 6) is 1.41. The van der Waals surface area contributed by atoms with Crippen molar-refractivity contribution >= 4 is 38.3 Å². The van der Waals surface area contributed by atoms with Crippen LogP contribution >= 0.6 is 15.9 Å². The molecular formula is C26H35BrN4O6. The molecule has 0 aliphatic carbocycles. The normalized spacial score (nSPS) is 11.3. The van der Waals surface area contributed by atoms with Crippen LogP contribution in [0.3, 0.4) is 0 Å². The van der Waals surface area contributed by atoms with Gasteiger partial charge in [0.2, 0.25) is 0 Å². The molecule has 1 heterocycles. The molecule has 0 spiro atoms. The fourth-order valence-corrected chi connectivity index (χ4v) is 3.71. The van der Waals surface area contributed by atoms with Crippen LogP contribution < -0.4 is 16.2 Å². The summed E-state index contributed by atoms with van der Waals surface area (Å²) in [7, 11) is 0. The average Bonchev–Trinajstić information content (AvgIpc) is 2.89. The number of nitrogens with two attached hydrogens (primary N) is 2. The maximum Gasteiger partial charge on any atom is 0.162 e. The molecule has 0 unspecified atom stereocenters. The van der Waals surface area contributed by atoms with Gasteiger partial charge in [0.15, 0.2) is 5.82 Å². The summed E-state index contributed by atoms with van der Waals surface area (Å²) in [5, 5.41) is 0.676. The van der Waals surface area contributed by atoms with Gasteiger partial charge in [0.25, 0.3) is 0 Å². The molecule has 2 aromatic carbocycles. The molecule has 0 aliphatic heterocycles. The summed E-state index contributed by atoms with van der Waals surface area (Å²) in [4.78, 5) is 9.09. The zero-order chi connectivity index (χ0) is 26.3. The van der Waals surface area contributed by atoms with Crippen molar-refractivity contribution in [3.63, 3.8) is 0 Å². The van der Waals surface area contributed by atoms with Crippen LogP contribution in [0.4, 0.5) is 11.5 Å². The number of hydrogen-bond acceptors (Lipinski definition) is 10. The van der Waals surface area contributed by atoms with Crippen molar-refractivity contribution in [2.24, 2.45) is 0 Å². The predicted molar refractivity (Wildman–Crippen MR) is 147 cm³/mol. The smallest absolute Gasteiger partial charge is 0.162 e. The standard InChI is InChI=1S/C26H35BrN4O6/c1-2-32-6-7-33-8-9-34-10-11-35-12-13-36-14-15-37-24-18-23-21(17-22(24)28)25(29)31-26(30-23)19-4-3-5-20(27)16-19/h3-5,16-18H,2,6-15,28H2,1H3,(H2,29,30,31). The molecule has 0 atom stereocenters. The molecule has 3 rings (SSSR count). The Morgan fingerprint density at radius 3 is 1.92 bits per heavy atom. The first-order chi connectivity index (χ1) is 18.1. The van der Waals surface area contributed by atoms with Gasteiger partial charge in [0.1, 0.15) is 18.2 Å². The Morgan fingerprint density at radius 2 is 1.32 bits per heavy atom. The number of nitrogen functional groups attached to an aromatic ring is 2. The number of benzene rings is 2. The minimum atomic E-state index is 0.334. The molecule has 10 nitrogen and oxygen atoms in total. The Bertz CT molecular complexity index is 1100. The van der Waals surface area contributed by atoms with Gasteiger partial charge < -0.3 is 39.9 Å². The van der Waals surface area contributed by atoms with E-state index in [-0.39, 0.29) is 0 Å². The second-order valence-electron chi connectivity index (χ2n) is 7.84. The number of aromatic nitrogens is 2. The van der Waals surface area contributed by atoms with E-state index in [9.17, 15) is 0 Å². The first kappa shape index (κ1) is 29.0. The molecule has 37 heavy (non-hydrogen) atoms. The summed E-state index contributed by atoms with van der Waals surface area (Å²) in [6.45, 7) is 7.60. The minimum absolute atomic E-state index is 0.334. The van der Waals surface area contributed by atoms with Crippen molar-refractivity contribution in [2.45, 2.75) is 6.92 Å². The van der Waals surface area contributed by atoms with Gasteiger partial charge in [-0.1, -0.05) is 28.1 Å². The monoisotopic (exact) mass is 578 g/mol. The van der Waals surface area contributed by atoms with Crippen LogP contribution in [0, 0.1) is 0 Å². The Hall–Kier alpha value is -2.54. The summed E-state index contributed by atoms with van der Waals surface area (Å²) in [6.07, 6.45) is 0. The van der Waals surface area contributed by atoms with Gasteiger partial charge >= 0.3 is 0 Å². The van der Waals surface area contributed by atoms with Crippen molar-refractivity contribution < 1.29 is 28.4 Å². The van der Waals surface area contributed by atoms with Gasteiger partial charge in [-0.2, -0.15) is 0 Å². The summed E-state index contributed by atoms with van der Waals surface area (Å²) in [5.41, 5.74) is 14.3. The molecule has 3 aromatic rings.